The van der Waals surface area contributed by atoms with Crippen LogP contribution in [0.15, 0.2) is 48.3 Å². The van der Waals surface area contributed by atoms with Gasteiger partial charge in [0.05, 0.1) is 23.1 Å². The van der Waals surface area contributed by atoms with Crippen molar-refractivity contribution in [2.24, 2.45) is 0 Å². The van der Waals surface area contributed by atoms with Crippen molar-refractivity contribution in [2.75, 3.05) is 29.6 Å². The van der Waals surface area contributed by atoms with Crippen LogP contribution >= 0.6 is 0 Å². The van der Waals surface area contributed by atoms with E-state index in [1.165, 1.54) is 6.07 Å². The maximum atomic E-state index is 12.8. The second-order valence-electron chi connectivity index (χ2n) is 8.89. The van der Waals surface area contributed by atoms with E-state index in [-0.39, 0.29) is 16.9 Å². The predicted molar refractivity (Wildman–Crippen MR) is 130 cm³/mol. The molecule has 10 nitrogen and oxygen atoms in total. The highest BCUT2D eigenvalue weighted by Crippen LogP contribution is 2.33. The zero-order chi connectivity index (χ0) is 26.4. The maximum Gasteiger partial charge on any atom is 0.419 e. The van der Waals surface area contributed by atoms with Crippen LogP contribution in [0.5, 0.6) is 0 Å². The number of pyridine rings is 1. The van der Waals surface area contributed by atoms with Crippen molar-refractivity contribution in [1.29, 1.82) is 0 Å². The van der Waals surface area contributed by atoms with Crippen molar-refractivity contribution >= 4 is 32.8 Å². The van der Waals surface area contributed by atoms with E-state index >= 15 is 0 Å². The van der Waals surface area contributed by atoms with Gasteiger partial charge < -0.3 is 10.2 Å². The van der Waals surface area contributed by atoms with Crippen molar-refractivity contribution < 1.29 is 21.6 Å². The smallest absolute Gasteiger partial charge is 0.350 e. The van der Waals surface area contributed by atoms with Crippen molar-refractivity contribution in [3.8, 4) is 0 Å². The Morgan fingerprint density at radius 3 is 2.32 bits per heavy atom. The Hall–Kier alpha value is -3.81. The first-order valence-corrected chi connectivity index (χ1v) is 13.3. The minimum Gasteiger partial charge on any atom is -0.350 e. The Balaban J connectivity index is 1.32. The van der Waals surface area contributed by atoms with Crippen LogP contribution in [0.3, 0.4) is 0 Å². The topological polar surface area (TPSA) is 118 Å². The largest absolute Gasteiger partial charge is 0.419 e. The van der Waals surface area contributed by atoms with Crippen molar-refractivity contribution in [3.05, 3.63) is 60.2 Å². The van der Waals surface area contributed by atoms with Crippen LogP contribution < -0.4 is 10.2 Å². The molecule has 37 heavy (non-hydrogen) atoms. The Labute approximate surface area is 210 Å². The second-order valence-corrected chi connectivity index (χ2v) is 10.9. The van der Waals surface area contributed by atoms with E-state index in [2.05, 4.69) is 30.2 Å². The SMILES string of the molecule is Cc1nc(S(C)(=O)=O)ccc1Nc1cncn2c(C3CCN(c4ncc(C(F)(F)F)cn4)CC3)cnc12. The highest BCUT2D eigenvalue weighted by molar-refractivity contribution is 7.90. The third-order valence-corrected chi connectivity index (χ3v) is 7.31. The third-order valence-electron chi connectivity index (χ3n) is 6.32. The number of piperidine rings is 1. The number of hydrogen-bond acceptors (Lipinski definition) is 9. The number of anilines is 3. The van der Waals surface area contributed by atoms with Crippen molar-refractivity contribution in [1.82, 2.24) is 29.3 Å². The second kappa shape index (κ2) is 9.25. The number of aromatic nitrogens is 6. The van der Waals surface area contributed by atoms with Gasteiger partial charge in [-0.2, -0.15) is 13.2 Å². The molecule has 1 N–H and O–H groups in total. The molecule has 0 spiro atoms. The summed E-state index contributed by atoms with van der Waals surface area (Å²) in [6.45, 7) is 2.90. The number of halogens is 3. The molecule has 0 atom stereocenters. The number of aryl methyl sites for hydroxylation is 1. The van der Waals surface area contributed by atoms with Crippen LogP contribution in [-0.2, 0) is 16.0 Å². The predicted octanol–water partition coefficient (Wildman–Crippen LogP) is 3.77. The van der Waals surface area contributed by atoms with Gasteiger partial charge in [0.1, 0.15) is 12.0 Å². The number of nitrogens with one attached hydrogen (secondary N) is 1. The van der Waals surface area contributed by atoms with E-state index in [0.29, 0.717) is 35.8 Å². The summed E-state index contributed by atoms with van der Waals surface area (Å²) in [5, 5.41) is 3.25. The van der Waals surface area contributed by atoms with Gasteiger partial charge in [0, 0.05) is 49.5 Å². The average molecular weight is 533 g/mol. The number of hydrogen-bond donors (Lipinski definition) is 1. The molecule has 0 unspecified atom stereocenters. The molecule has 5 rings (SSSR count). The minimum atomic E-state index is -4.47. The summed E-state index contributed by atoms with van der Waals surface area (Å²) in [6, 6.07) is 3.11. The Kier molecular flexibility index (Phi) is 6.22. The van der Waals surface area contributed by atoms with Gasteiger partial charge in [0.2, 0.25) is 5.95 Å². The number of sulfone groups is 1. The molecule has 0 saturated carbocycles. The summed E-state index contributed by atoms with van der Waals surface area (Å²) in [5.41, 5.74) is 2.56. The Morgan fingerprint density at radius 1 is 1.00 bits per heavy atom. The van der Waals surface area contributed by atoms with Gasteiger partial charge in [-0.3, -0.25) is 4.40 Å². The number of alkyl halides is 3. The summed E-state index contributed by atoms with van der Waals surface area (Å²) in [7, 11) is -3.41. The van der Waals surface area contributed by atoms with Gasteiger partial charge in [-0.15, -0.1) is 0 Å². The Bertz CT molecular complexity index is 1550. The third kappa shape index (κ3) is 5.05. The van der Waals surface area contributed by atoms with E-state index in [1.54, 1.807) is 31.7 Å². The van der Waals surface area contributed by atoms with E-state index < -0.39 is 21.6 Å². The molecule has 4 aromatic heterocycles. The molecule has 0 bridgehead atoms. The van der Waals surface area contributed by atoms with Crippen LogP contribution in [0.2, 0.25) is 0 Å². The van der Waals surface area contributed by atoms with Gasteiger partial charge >= 0.3 is 6.18 Å². The van der Waals surface area contributed by atoms with Gasteiger partial charge in [-0.1, -0.05) is 0 Å². The molecule has 0 aliphatic carbocycles. The molecule has 1 saturated heterocycles. The average Bonchev–Trinajstić information content (AvgIpc) is 3.29. The zero-order valence-electron chi connectivity index (χ0n) is 19.9. The first-order valence-electron chi connectivity index (χ1n) is 11.4. The minimum absolute atomic E-state index is 0.00279. The standard InChI is InChI=1S/C23H23F3N8O2S/c1-14-17(3-4-20(31-14)37(2,35)36)32-18-11-27-13-34-19(12-28-21(18)34)15-5-7-33(8-6-15)22-29-9-16(10-30-22)23(24,25)26/h3-4,9-13,15,32H,5-8H2,1-2H3. The molecule has 1 aliphatic heterocycles. The Morgan fingerprint density at radius 2 is 1.70 bits per heavy atom. The molecule has 0 amide bonds. The number of fused-ring (bicyclic) bond motifs is 1. The quantitative estimate of drug-likeness (QED) is 0.410. The van der Waals surface area contributed by atoms with Gasteiger partial charge in [0.15, 0.2) is 20.5 Å². The molecule has 194 valence electrons. The molecule has 14 heteroatoms. The molecule has 1 fully saturated rings. The molecular weight excluding hydrogens is 509 g/mol. The van der Waals surface area contributed by atoms with Crippen LogP contribution in [0.4, 0.5) is 30.5 Å². The monoisotopic (exact) mass is 532 g/mol. The normalized spacial score (nSPS) is 15.3. The van der Waals surface area contributed by atoms with Crippen LogP contribution in [0.1, 0.15) is 35.7 Å². The molecule has 4 aromatic rings. The summed E-state index contributed by atoms with van der Waals surface area (Å²) >= 11 is 0. The summed E-state index contributed by atoms with van der Waals surface area (Å²) in [5.74, 6) is 0.443. The van der Waals surface area contributed by atoms with Crippen molar-refractivity contribution in [3.63, 3.8) is 0 Å². The van der Waals surface area contributed by atoms with Gasteiger partial charge in [-0.05, 0) is 31.9 Å². The lowest BCUT2D eigenvalue weighted by Crippen LogP contribution is -2.34. The first kappa shape index (κ1) is 24.9. The van der Waals surface area contributed by atoms with E-state index in [1.807, 2.05) is 9.30 Å². The summed E-state index contributed by atoms with van der Waals surface area (Å²) < 4.78 is 63.8. The molecule has 5 heterocycles. The number of rotatable bonds is 5. The van der Waals surface area contributed by atoms with Crippen LogP contribution in [-0.4, -0.2) is 57.1 Å². The summed E-state index contributed by atoms with van der Waals surface area (Å²) in [6.07, 6.45) is 4.88. The molecule has 1 aliphatic rings. The van der Waals surface area contributed by atoms with Crippen LogP contribution in [0, 0.1) is 6.92 Å². The fourth-order valence-corrected chi connectivity index (χ4v) is 4.96. The molecule has 0 radical (unpaired) electrons. The molecular formula is C23H23F3N8O2S. The number of imidazole rings is 1. The molecule has 0 aromatic carbocycles. The number of nitrogens with zero attached hydrogens (tertiary/aromatic N) is 7. The van der Waals surface area contributed by atoms with E-state index in [0.717, 1.165) is 37.2 Å². The van der Waals surface area contributed by atoms with Gasteiger partial charge in [-0.25, -0.2) is 33.3 Å². The highest BCUT2D eigenvalue weighted by atomic mass is 32.2. The fraction of sp³-hybridized carbons (Fsp3) is 0.348. The highest BCUT2D eigenvalue weighted by Gasteiger charge is 2.32. The maximum absolute atomic E-state index is 12.8. The first-order chi connectivity index (χ1) is 17.5. The summed E-state index contributed by atoms with van der Waals surface area (Å²) in [4.78, 5) is 22.8. The van der Waals surface area contributed by atoms with E-state index in [4.69, 9.17) is 0 Å². The fourth-order valence-electron chi connectivity index (χ4n) is 4.35. The lowest BCUT2D eigenvalue weighted by Gasteiger charge is -2.31. The zero-order valence-corrected chi connectivity index (χ0v) is 20.8. The van der Waals surface area contributed by atoms with Crippen molar-refractivity contribution in [2.45, 2.75) is 36.9 Å². The lowest BCUT2D eigenvalue weighted by molar-refractivity contribution is -0.138. The van der Waals surface area contributed by atoms with Gasteiger partial charge in [0.25, 0.3) is 0 Å². The van der Waals surface area contributed by atoms with E-state index in [9.17, 15) is 21.6 Å². The lowest BCUT2D eigenvalue weighted by atomic mass is 9.94. The van der Waals surface area contributed by atoms with Crippen LogP contribution in [0.25, 0.3) is 5.65 Å².